The van der Waals surface area contributed by atoms with Crippen LogP contribution in [0.1, 0.15) is 90.6 Å². The molecule has 2 aromatic rings. The van der Waals surface area contributed by atoms with Crippen LogP contribution < -0.4 is 0 Å². The number of carbonyl (C=O) groups is 4. The summed E-state index contributed by atoms with van der Waals surface area (Å²) >= 11 is 0. The van der Waals surface area contributed by atoms with Crippen LogP contribution in [0.3, 0.4) is 0 Å². The topological polar surface area (TPSA) is 152 Å². The molecule has 0 spiro atoms. The average Bonchev–Trinajstić information content (AvgIpc) is 3.74. The predicted octanol–water partition coefficient (Wildman–Crippen LogP) is 6.94. The van der Waals surface area contributed by atoms with Gasteiger partial charge in [-0.3, -0.25) is 19.6 Å². The van der Waals surface area contributed by atoms with Gasteiger partial charge in [0, 0.05) is 42.7 Å². The van der Waals surface area contributed by atoms with Gasteiger partial charge >= 0.3 is 30.5 Å². The molecule has 1 N–H and O–H groups in total. The first kappa shape index (κ1) is 39.7. The van der Waals surface area contributed by atoms with Crippen LogP contribution in [-0.4, -0.2) is 89.2 Å². The molecule has 2 aromatic heterocycles. The van der Waals surface area contributed by atoms with Crippen LogP contribution in [0.25, 0.3) is 11.3 Å². The van der Waals surface area contributed by atoms with Crippen molar-refractivity contribution in [1.29, 1.82) is 0 Å². The minimum Gasteiger partial charge on any atom is -0.480 e. The van der Waals surface area contributed by atoms with Gasteiger partial charge in [-0.05, 0) is 97.1 Å². The average molecular weight is 758 g/mol. The molecule has 8 rings (SSSR count). The van der Waals surface area contributed by atoms with Crippen LogP contribution >= 0.6 is 0 Å². The number of carbonyl (C=O) groups excluding carboxylic acids is 3. The Balaban J connectivity index is 0.000000281. The van der Waals surface area contributed by atoms with E-state index in [4.69, 9.17) is 14.6 Å². The number of aryl methyl sites for hydroxylation is 1. The van der Waals surface area contributed by atoms with Gasteiger partial charge < -0.3 is 14.6 Å². The lowest BCUT2D eigenvalue weighted by atomic mass is 9.81. The Hall–Kier alpha value is -4.51. The van der Waals surface area contributed by atoms with E-state index in [1.54, 1.807) is 41.5 Å². The van der Waals surface area contributed by atoms with Crippen molar-refractivity contribution < 1.29 is 60.1 Å². The van der Waals surface area contributed by atoms with Gasteiger partial charge in [-0.1, -0.05) is 0 Å². The third kappa shape index (κ3) is 8.83. The number of rotatable bonds is 6. The summed E-state index contributed by atoms with van der Waals surface area (Å²) in [7, 11) is 0. The number of aliphatic carboxylic acids is 1. The monoisotopic (exact) mass is 757 g/mol. The Kier molecular flexibility index (Phi) is 10.5. The zero-order chi connectivity index (χ0) is 39.4. The van der Waals surface area contributed by atoms with Crippen molar-refractivity contribution in [2.45, 2.75) is 128 Å². The SMILES string of the molecule is CC(C)(C)OC(=O)N1C2CC(C2)C1C(=O)CCc1cc(-c2cnc(C(F)(F)F)nc2)ncc1C(F)(F)F.CC(C)(C)OC(=O)N1C2CC(C2)C1C(=O)O. The number of Topliss-reactive ketones (excluding diaryl/α,β-unsaturated/α-hetero) is 1. The molecule has 53 heavy (non-hydrogen) atoms. The molecule has 2 atom stereocenters. The van der Waals surface area contributed by atoms with Crippen LogP contribution in [0, 0.1) is 11.8 Å². The zero-order valence-corrected chi connectivity index (χ0v) is 29.9. The normalized spacial score (nSPS) is 24.8. The van der Waals surface area contributed by atoms with Gasteiger partial charge in [0.25, 0.3) is 0 Å². The molecular formula is C35H41F6N5O7. The Morgan fingerprint density at radius 1 is 0.736 bits per heavy atom. The fourth-order valence-corrected chi connectivity index (χ4v) is 7.16. The second-order valence-corrected chi connectivity index (χ2v) is 15.8. The van der Waals surface area contributed by atoms with E-state index in [0.29, 0.717) is 19.0 Å². The molecule has 2 aliphatic carbocycles. The Morgan fingerprint density at radius 2 is 1.21 bits per heavy atom. The second-order valence-electron chi connectivity index (χ2n) is 15.8. The highest BCUT2D eigenvalue weighted by molar-refractivity contribution is 5.89. The minimum atomic E-state index is -4.77. The smallest absolute Gasteiger partial charge is 0.451 e. The standard InChI is InChI=1S/C24H24F6N4O3.C11H17NO4/c1-22(2,3)37-21(36)34-15-6-13(7-15)19(34)18(35)5-4-12-8-17(31-11-16(12)23(25,26)27)14-9-32-20(33-10-14)24(28,29)30;1-11(2,3)16-10(15)12-7-4-6(5-7)8(12)9(13)14/h8-11,13,15,19H,4-7H2,1-3H3;6-8H,4-5H2,1-3H3,(H,13,14). The third-order valence-corrected chi connectivity index (χ3v) is 9.51. The van der Waals surface area contributed by atoms with Crippen molar-refractivity contribution >= 4 is 23.9 Å². The summed E-state index contributed by atoms with van der Waals surface area (Å²) in [5.74, 6) is -2.63. The summed E-state index contributed by atoms with van der Waals surface area (Å²) in [6.45, 7) is 10.4. The van der Waals surface area contributed by atoms with E-state index < -0.39 is 65.2 Å². The number of halogens is 6. The summed E-state index contributed by atoms with van der Waals surface area (Å²) in [4.78, 5) is 61.7. The van der Waals surface area contributed by atoms with Gasteiger partial charge in [0.2, 0.25) is 5.82 Å². The van der Waals surface area contributed by atoms with Crippen molar-refractivity contribution in [1.82, 2.24) is 24.8 Å². The summed E-state index contributed by atoms with van der Waals surface area (Å²) < 4.78 is 89.8. The molecule has 12 nitrogen and oxygen atoms in total. The maximum atomic E-state index is 13.6. The van der Waals surface area contributed by atoms with E-state index in [-0.39, 0.29) is 59.4 Å². The molecule has 2 unspecified atom stereocenters. The summed E-state index contributed by atoms with van der Waals surface area (Å²) in [6.07, 6.45) is -6.14. The first-order chi connectivity index (χ1) is 24.3. The van der Waals surface area contributed by atoms with Crippen molar-refractivity contribution in [3.8, 4) is 11.3 Å². The number of ether oxygens (including phenoxy) is 2. The zero-order valence-electron chi connectivity index (χ0n) is 29.9. The molecular weight excluding hydrogens is 716 g/mol. The number of pyridine rings is 1. The molecule has 2 saturated carbocycles. The molecule has 0 aromatic carbocycles. The first-order valence-electron chi connectivity index (χ1n) is 17.1. The summed E-state index contributed by atoms with van der Waals surface area (Å²) in [5.41, 5.74) is -2.73. The fraction of sp³-hybridized carbons (Fsp3) is 0.629. The molecule has 4 saturated heterocycles. The Bertz CT molecular complexity index is 1730. The molecule has 6 aliphatic rings. The Morgan fingerprint density at radius 3 is 1.64 bits per heavy atom. The fourth-order valence-electron chi connectivity index (χ4n) is 7.16. The van der Waals surface area contributed by atoms with Gasteiger partial charge in [-0.25, -0.2) is 24.4 Å². The predicted molar refractivity (Wildman–Crippen MR) is 173 cm³/mol. The molecule has 0 radical (unpaired) electrons. The lowest BCUT2D eigenvalue weighted by Crippen LogP contribution is -2.44. The maximum absolute atomic E-state index is 13.6. The number of hydrogen-bond acceptors (Lipinski definition) is 9. The minimum absolute atomic E-state index is 0.0120. The molecule has 6 heterocycles. The lowest BCUT2D eigenvalue weighted by molar-refractivity contribution is -0.145. The lowest BCUT2D eigenvalue weighted by Gasteiger charge is -2.29. The second kappa shape index (κ2) is 14.0. The number of carboxylic acid groups (broad SMARTS) is 1. The number of amides is 2. The van der Waals surface area contributed by atoms with Gasteiger partial charge in [-0.15, -0.1) is 0 Å². The maximum Gasteiger partial charge on any atom is 0.451 e. The van der Waals surface area contributed by atoms with Crippen molar-refractivity contribution in [2.24, 2.45) is 11.8 Å². The first-order valence-corrected chi connectivity index (χ1v) is 17.1. The van der Waals surface area contributed by atoms with Crippen LogP contribution in [-0.2, 0) is 37.8 Å². The van der Waals surface area contributed by atoms with Gasteiger partial charge in [0.1, 0.15) is 17.2 Å². The molecule has 18 heteroatoms. The largest absolute Gasteiger partial charge is 0.480 e. The van der Waals surface area contributed by atoms with Crippen molar-refractivity contribution in [3.05, 3.63) is 41.6 Å². The molecule has 2 amide bonds. The van der Waals surface area contributed by atoms with E-state index in [1.807, 2.05) is 0 Å². The summed E-state index contributed by atoms with van der Waals surface area (Å²) in [5, 5.41) is 9.08. The molecule has 4 aliphatic heterocycles. The van der Waals surface area contributed by atoms with E-state index in [0.717, 1.165) is 31.3 Å². The highest BCUT2D eigenvalue weighted by Gasteiger charge is 2.57. The number of alkyl halides is 6. The van der Waals surface area contributed by atoms with Crippen LogP contribution in [0.15, 0.2) is 24.7 Å². The number of hydrogen-bond donors (Lipinski definition) is 1. The quantitative estimate of drug-likeness (QED) is 0.307. The van der Waals surface area contributed by atoms with Gasteiger partial charge in [0.15, 0.2) is 5.78 Å². The van der Waals surface area contributed by atoms with E-state index in [1.165, 1.54) is 9.80 Å². The van der Waals surface area contributed by atoms with Crippen LogP contribution in [0.2, 0.25) is 0 Å². The van der Waals surface area contributed by atoms with E-state index in [9.17, 15) is 45.5 Å². The third-order valence-electron chi connectivity index (χ3n) is 9.51. The van der Waals surface area contributed by atoms with Crippen molar-refractivity contribution in [3.63, 3.8) is 0 Å². The van der Waals surface area contributed by atoms with Crippen LogP contribution in [0.5, 0.6) is 0 Å². The number of ketones is 1. The van der Waals surface area contributed by atoms with Gasteiger partial charge in [0.05, 0.1) is 17.3 Å². The molecule has 6 fully saturated rings. The van der Waals surface area contributed by atoms with E-state index in [2.05, 4.69) is 15.0 Å². The molecule has 4 bridgehead atoms. The highest BCUT2D eigenvalue weighted by atomic mass is 19.4. The summed E-state index contributed by atoms with van der Waals surface area (Å²) in [6, 6.07) is -0.436. The van der Waals surface area contributed by atoms with Crippen LogP contribution in [0.4, 0.5) is 35.9 Å². The van der Waals surface area contributed by atoms with Gasteiger partial charge in [-0.2, -0.15) is 26.3 Å². The molecule has 290 valence electrons. The van der Waals surface area contributed by atoms with Crippen molar-refractivity contribution in [2.75, 3.05) is 0 Å². The highest BCUT2D eigenvalue weighted by Crippen LogP contribution is 2.48. The Labute approximate surface area is 301 Å². The number of nitrogens with zero attached hydrogens (tertiary/aromatic N) is 5. The van der Waals surface area contributed by atoms with E-state index >= 15 is 0 Å². The number of aromatic nitrogens is 3. The number of fused-ring (bicyclic) bond motifs is 2. The number of carboxylic acids is 1.